The fraction of sp³-hybridized carbons (Fsp3) is 0.417. The topological polar surface area (TPSA) is 63.3 Å². The zero-order valence-electron chi connectivity index (χ0n) is 18.1. The van der Waals surface area contributed by atoms with Gasteiger partial charge in [-0.25, -0.2) is 0 Å². The van der Waals surface area contributed by atoms with Gasteiger partial charge in [0.25, 0.3) is 5.91 Å². The van der Waals surface area contributed by atoms with Gasteiger partial charge < -0.3 is 14.4 Å². The summed E-state index contributed by atoms with van der Waals surface area (Å²) in [4.78, 5) is 15.8. The normalized spacial score (nSPS) is 16.1. The number of hydrogen-bond donors (Lipinski definition) is 1. The summed E-state index contributed by atoms with van der Waals surface area (Å²) >= 11 is 6.35. The van der Waals surface area contributed by atoms with Crippen LogP contribution >= 0.6 is 11.6 Å². The van der Waals surface area contributed by atoms with E-state index < -0.39 is 0 Å². The van der Waals surface area contributed by atoms with Crippen molar-refractivity contribution in [2.75, 3.05) is 19.6 Å². The molecule has 0 bridgehead atoms. The molecule has 6 nitrogen and oxygen atoms in total. The summed E-state index contributed by atoms with van der Waals surface area (Å²) in [6.45, 7) is 4.36. The van der Waals surface area contributed by atoms with Crippen LogP contribution in [0.25, 0.3) is 11.3 Å². The van der Waals surface area contributed by atoms with Crippen LogP contribution in [0.3, 0.4) is 0 Å². The van der Waals surface area contributed by atoms with Crippen molar-refractivity contribution in [2.45, 2.75) is 38.6 Å². The molecule has 0 aliphatic carbocycles. The van der Waals surface area contributed by atoms with Crippen molar-refractivity contribution in [3.63, 3.8) is 0 Å². The number of rotatable bonds is 6. The third-order valence-electron chi connectivity index (χ3n) is 6.08. The number of aryl methyl sites for hydroxylation is 2. The highest BCUT2D eigenvalue weighted by Gasteiger charge is 2.27. The SMILES string of the molecule is Cc1onc(-c2ccccc2Cl)c1C(=O)NCC(c1cccn1C)N1CCCCCC1. The molecular weight excluding hydrogens is 412 g/mol. The first kappa shape index (κ1) is 21.7. The average Bonchev–Trinajstić information content (AvgIpc) is 3.24. The van der Waals surface area contributed by atoms with Crippen LogP contribution in [0.2, 0.25) is 5.02 Å². The minimum Gasteiger partial charge on any atom is -0.360 e. The van der Waals surface area contributed by atoms with E-state index in [-0.39, 0.29) is 11.9 Å². The number of carbonyl (C=O) groups is 1. The number of halogens is 1. The highest BCUT2D eigenvalue weighted by molar-refractivity contribution is 6.33. The van der Waals surface area contributed by atoms with Crippen LogP contribution < -0.4 is 5.32 Å². The molecule has 2 aromatic heterocycles. The number of benzene rings is 1. The van der Waals surface area contributed by atoms with E-state index in [1.165, 1.54) is 31.4 Å². The molecule has 1 aromatic carbocycles. The molecule has 0 spiro atoms. The summed E-state index contributed by atoms with van der Waals surface area (Å²) in [7, 11) is 2.06. The molecule has 3 heterocycles. The van der Waals surface area contributed by atoms with E-state index >= 15 is 0 Å². The van der Waals surface area contributed by atoms with Gasteiger partial charge in [0.1, 0.15) is 17.0 Å². The van der Waals surface area contributed by atoms with Crippen LogP contribution in [-0.2, 0) is 7.05 Å². The molecule has 0 saturated carbocycles. The lowest BCUT2D eigenvalue weighted by atomic mass is 10.1. The summed E-state index contributed by atoms with van der Waals surface area (Å²) in [6.07, 6.45) is 6.97. The number of carbonyl (C=O) groups excluding carboxylic acids is 1. The van der Waals surface area contributed by atoms with Crippen LogP contribution in [0.15, 0.2) is 47.1 Å². The predicted molar refractivity (Wildman–Crippen MR) is 122 cm³/mol. The zero-order chi connectivity index (χ0) is 21.8. The highest BCUT2D eigenvalue weighted by atomic mass is 35.5. The van der Waals surface area contributed by atoms with Gasteiger partial charge >= 0.3 is 0 Å². The van der Waals surface area contributed by atoms with E-state index in [0.717, 1.165) is 13.1 Å². The molecule has 7 heteroatoms. The van der Waals surface area contributed by atoms with Gasteiger partial charge in [-0.05, 0) is 51.1 Å². The molecule has 4 rings (SSSR count). The Labute approximate surface area is 188 Å². The van der Waals surface area contributed by atoms with Gasteiger partial charge in [-0.1, -0.05) is 47.8 Å². The van der Waals surface area contributed by atoms with Crippen LogP contribution in [0.4, 0.5) is 0 Å². The first-order valence-electron chi connectivity index (χ1n) is 10.9. The molecule has 1 aliphatic heterocycles. The standard InChI is InChI=1S/C24H29ClN4O2/c1-17-22(23(27-31-17)18-10-5-6-11-19(18)25)24(30)26-16-21(20-12-9-13-28(20)2)29-14-7-3-4-8-15-29/h5-6,9-13,21H,3-4,7-8,14-16H2,1-2H3,(H,26,30). The molecule has 0 radical (unpaired) electrons. The van der Waals surface area contributed by atoms with E-state index in [0.29, 0.717) is 34.1 Å². The largest absolute Gasteiger partial charge is 0.360 e. The van der Waals surface area contributed by atoms with Crippen molar-refractivity contribution < 1.29 is 9.32 Å². The summed E-state index contributed by atoms with van der Waals surface area (Å²) in [6, 6.07) is 11.7. The Balaban J connectivity index is 1.57. The molecule has 3 aromatic rings. The van der Waals surface area contributed by atoms with Crippen molar-refractivity contribution in [1.29, 1.82) is 0 Å². The lowest BCUT2D eigenvalue weighted by molar-refractivity contribution is 0.0930. The van der Waals surface area contributed by atoms with Crippen molar-refractivity contribution in [3.05, 3.63) is 64.6 Å². The molecular formula is C24H29ClN4O2. The fourth-order valence-electron chi connectivity index (χ4n) is 4.40. The maximum atomic E-state index is 13.3. The fourth-order valence-corrected chi connectivity index (χ4v) is 4.63. The Hall–Kier alpha value is -2.57. The molecule has 31 heavy (non-hydrogen) atoms. The van der Waals surface area contributed by atoms with E-state index in [1.54, 1.807) is 13.0 Å². The summed E-state index contributed by atoms with van der Waals surface area (Å²) in [5.41, 5.74) is 2.81. The van der Waals surface area contributed by atoms with Crippen LogP contribution in [0, 0.1) is 6.92 Å². The van der Waals surface area contributed by atoms with E-state index in [9.17, 15) is 4.79 Å². The molecule has 1 N–H and O–H groups in total. The summed E-state index contributed by atoms with van der Waals surface area (Å²) < 4.78 is 7.51. The molecule has 1 fully saturated rings. The number of nitrogens with zero attached hydrogens (tertiary/aromatic N) is 3. The smallest absolute Gasteiger partial charge is 0.257 e. The monoisotopic (exact) mass is 440 g/mol. The molecule has 1 unspecified atom stereocenters. The van der Waals surface area contributed by atoms with Gasteiger partial charge in [0.2, 0.25) is 0 Å². The number of hydrogen-bond acceptors (Lipinski definition) is 4. The molecule has 1 aliphatic rings. The maximum Gasteiger partial charge on any atom is 0.257 e. The lowest BCUT2D eigenvalue weighted by Gasteiger charge is -2.31. The Morgan fingerprint density at radius 1 is 1.16 bits per heavy atom. The van der Waals surface area contributed by atoms with Gasteiger partial charge in [-0.3, -0.25) is 9.69 Å². The third-order valence-corrected chi connectivity index (χ3v) is 6.41. The average molecular weight is 441 g/mol. The highest BCUT2D eigenvalue weighted by Crippen LogP contribution is 2.31. The Kier molecular flexibility index (Phi) is 6.78. The van der Waals surface area contributed by atoms with E-state index in [1.807, 2.05) is 18.2 Å². The minimum atomic E-state index is -0.192. The van der Waals surface area contributed by atoms with E-state index in [2.05, 4.69) is 45.3 Å². The number of likely N-dealkylation sites (tertiary alicyclic amines) is 1. The van der Waals surface area contributed by atoms with Crippen LogP contribution in [-0.4, -0.2) is 40.2 Å². The second-order valence-electron chi connectivity index (χ2n) is 8.16. The number of amides is 1. The van der Waals surface area contributed by atoms with Crippen LogP contribution in [0.1, 0.15) is 53.5 Å². The molecule has 1 amide bonds. The zero-order valence-corrected chi connectivity index (χ0v) is 18.9. The van der Waals surface area contributed by atoms with Crippen molar-refractivity contribution >= 4 is 17.5 Å². The number of nitrogens with one attached hydrogen (secondary N) is 1. The Bertz CT molecular complexity index is 1030. The second-order valence-corrected chi connectivity index (χ2v) is 8.57. The van der Waals surface area contributed by atoms with Gasteiger partial charge in [-0.15, -0.1) is 0 Å². The van der Waals surface area contributed by atoms with Crippen molar-refractivity contribution in [1.82, 2.24) is 19.9 Å². The van der Waals surface area contributed by atoms with Gasteiger partial charge in [0.15, 0.2) is 0 Å². The predicted octanol–water partition coefficient (Wildman–Crippen LogP) is 4.99. The lowest BCUT2D eigenvalue weighted by Crippen LogP contribution is -2.39. The first-order chi connectivity index (χ1) is 15.1. The third kappa shape index (κ3) is 4.70. The first-order valence-corrected chi connectivity index (χ1v) is 11.3. The van der Waals surface area contributed by atoms with Crippen molar-refractivity contribution in [3.8, 4) is 11.3 Å². The molecule has 1 atom stereocenters. The van der Waals surface area contributed by atoms with Crippen molar-refractivity contribution in [2.24, 2.45) is 7.05 Å². The van der Waals surface area contributed by atoms with Crippen LogP contribution in [0.5, 0.6) is 0 Å². The second kappa shape index (κ2) is 9.71. The molecule has 1 saturated heterocycles. The quantitative estimate of drug-likeness (QED) is 0.586. The van der Waals surface area contributed by atoms with Gasteiger partial charge in [0.05, 0.1) is 11.1 Å². The van der Waals surface area contributed by atoms with E-state index in [4.69, 9.17) is 16.1 Å². The minimum absolute atomic E-state index is 0.117. The number of aromatic nitrogens is 2. The summed E-state index contributed by atoms with van der Waals surface area (Å²) in [5, 5.41) is 7.82. The van der Waals surface area contributed by atoms with Gasteiger partial charge in [-0.2, -0.15) is 0 Å². The Morgan fingerprint density at radius 3 is 2.58 bits per heavy atom. The maximum absolute atomic E-state index is 13.3. The summed E-state index contributed by atoms with van der Waals surface area (Å²) in [5.74, 6) is 0.292. The Morgan fingerprint density at radius 2 is 1.90 bits per heavy atom. The molecule has 164 valence electrons. The van der Waals surface area contributed by atoms with Gasteiger partial charge in [0, 0.05) is 31.0 Å².